The molecule has 1 heterocycles. The summed E-state index contributed by atoms with van der Waals surface area (Å²) in [7, 11) is 0. The van der Waals surface area contributed by atoms with Gasteiger partial charge in [-0.2, -0.15) is 0 Å². The zero-order valence-electron chi connectivity index (χ0n) is 15.8. The van der Waals surface area contributed by atoms with E-state index in [2.05, 4.69) is 5.92 Å². The van der Waals surface area contributed by atoms with Crippen molar-refractivity contribution in [3.05, 3.63) is 82.5 Å². The van der Waals surface area contributed by atoms with Crippen LogP contribution in [0.15, 0.2) is 65.6 Å². The average Bonchev–Trinajstić information content (AvgIpc) is 3.02. The van der Waals surface area contributed by atoms with Gasteiger partial charge in [-0.1, -0.05) is 48.4 Å². The van der Waals surface area contributed by atoms with Crippen LogP contribution in [0.2, 0.25) is 0 Å². The molecule has 148 valence electrons. The number of benzene rings is 3. The van der Waals surface area contributed by atoms with Crippen molar-refractivity contribution in [2.45, 2.75) is 6.61 Å². The van der Waals surface area contributed by atoms with Crippen LogP contribution in [-0.4, -0.2) is 22.6 Å². The fourth-order valence-electron chi connectivity index (χ4n) is 3.15. The van der Waals surface area contributed by atoms with Crippen molar-refractivity contribution >= 4 is 39.8 Å². The molecule has 2 amide bonds. The Morgan fingerprint density at radius 3 is 2.60 bits per heavy atom. The highest BCUT2D eigenvalue weighted by atomic mass is 32.2. The standard InChI is InChI=1S/C24H16FNO3S/c1-2-13-26-23(27)22(30-24(26)28)14-20-19-6-4-3-5-17(19)9-12-21(20)29-15-16-7-10-18(25)11-8-16/h1,3-12,14H,13,15H2. The maximum atomic E-state index is 13.1. The maximum absolute atomic E-state index is 13.1. The van der Waals surface area contributed by atoms with Gasteiger partial charge >= 0.3 is 0 Å². The van der Waals surface area contributed by atoms with E-state index in [4.69, 9.17) is 11.2 Å². The topological polar surface area (TPSA) is 46.6 Å². The van der Waals surface area contributed by atoms with Crippen LogP contribution in [-0.2, 0) is 11.4 Å². The zero-order valence-corrected chi connectivity index (χ0v) is 16.6. The van der Waals surface area contributed by atoms with Crippen molar-refractivity contribution in [1.82, 2.24) is 4.90 Å². The van der Waals surface area contributed by atoms with Crippen molar-refractivity contribution in [2.24, 2.45) is 0 Å². The fraction of sp³-hybridized carbons (Fsp3) is 0.0833. The lowest BCUT2D eigenvalue weighted by molar-refractivity contribution is -0.122. The van der Waals surface area contributed by atoms with Crippen LogP contribution in [0.5, 0.6) is 5.75 Å². The van der Waals surface area contributed by atoms with Crippen molar-refractivity contribution in [1.29, 1.82) is 0 Å². The Hall–Kier alpha value is -3.56. The number of carbonyl (C=O) groups is 2. The highest BCUT2D eigenvalue weighted by Crippen LogP contribution is 2.36. The first-order valence-corrected chi connectivity index (χ1v) is 9.96. The van der Waals surface area contributed by atoms with E-state index in [1.807, 2.05) is 36.4 Å². The Bertz CT molecular complexity index is 1210. The Morgan fingerprint density at radius 1 is 1.07 bits per heavy atom. The molecule has 0 spiro atoms. The quantitative estimate of drug-likeness (QED) is 0.421. The zero-order chi connectivity index (χ0) is 21.1. The third-order valence-electron chi connectivity index (χ3n) is 4.64. The second-order valence-electron chi connectivity index (χ2n) is 6.59. The summed E-state index contributed by atoms with van der Waals surface area (Å²) in [5.74, 6) is 2.16. The van der Waals surface area contributed by atoms with Gasteiger partial charge in [-0.15, -0.1) is 6.42 Å². The number of carbonyl (C=O) groups excluding carboxylic acids is 2. The molecule has 0 N–H and O–H groups in total. The van der Waals surface area contributed by atoms with E-state index in [0.717, 1.165) is 33.0 Å². The minimum absolute atomic E-state index is 0.0640. The number of fused-ring (bicyclic) bond motifs is 1. The highest BCUT2D eigenvalue weighted by molar-refractivity contribution is 8.18. The molecular weight excluding hydrogens is 401 g/mol. The molecule has 1 saturated heterocycles. The van der Waals surface area contributed by atoms with Gasteiger partial charge in [-0.3, -0.25) is 14.5 Å². The summed E-state index contributed by atoms with van der Waals surface area (Å²) in [6.07, 6.45) is 6.94. The number of ether oxygens (including phenoxy) is 1. The van der Waals surface area contributed by atoms with E-state index >= 15 is 0 Å². The van der Waals surface area contributed by atoms with Crippen molar-refractivity contribution < 1.29 is 18.7 Å². The summed E-state index contributed by atoms with van der Waals surface area (Å²) in [6, 6.07) is 17.5. The number of nitrogens with zero attached hydrogens (tertiary/aromatic N) is 1. The number of amides is 2. The number of imide groups is 1. The summed E-state index contributed by atoms with van der Waals surface area (Å²) in [5, 5.41) is 1.47. The average molecular weight is 417 g/mol. The molecule has 1 aliphatic heterocycles. The number of terminal acetylenes is 1. The molecule has 3 aromatic rings. The molecular formula is C24H16FNO3S. The molecule has 6 heteroatoms. The van der Waals surface area contributed by atoms with Gasteiger partial charge in [0.25, 0.3) is 11.1 Å². The van der Waals surface area contributed by atoms with Gasteiger partial charge in [0, 0.05) is 5.56 Å². The second-order valence-corrected chi connectivity index (χ2v) is 7.58. The largest absolute Gasteiger partial charge is 0.488 e. The molecule has 1 aliphatic rings. The molecule has 0 bridgehead atoms. The molecule has 0 aromatic heterocycles. The number of halogens is 1. The lowest BCUT2D eigenvalue weighted by Gasteiger charge is -2.13. The van der Waals surface area contributed by atoms with Gasteiger partial charge < -0.3 is 4.74 Å². The van der Waals surface area contributed by atoms with Crippen molar-refractivity contribution in [3.63, 3.8) is 0 Å². The Kier molecular flexibility index (Phi) is 5.55. The summed E-state index contributed by atoms with van der Waals surface area (Å²) in [6.45, 7) is 0.170. The van der Waals surface area contributed by atoms with Crippen LogP contribution >= 0.6 is 11.8 Å². The van der Waals surface area contributed by atoms with Gasteiger partial charge in [-0.25, -0.2) is 4.39 Å². The molecule has 0 saturated carbocycles. The summed E-state index contributed by atoms with van der Waals surface area (Å²) >= 11 is 0.856. The lowest BCUT2D eigenvalue weighted by atomic mass is 10.0. The molecule has 0 unspecified atom stereocenters. The lowest BCUT2D eigenvalue weighted by Crippen LogP contribution is -2.28. The van der Waals surface area contributed by atoms with Gasteiger partial charge in [0.15, 0.2) is 0 Å². The van der Waals surface area contributed by atoms with E-state index < -0.39 is 11.1 Å². The first-order valence-electron chi connectivity index (χ1n) is 9.14. The Labute approximate surface area is 177 Å². The highest BCUT2D eigenvalue weighted by Gasteiger charge is 2.34. The van der Waals surface area contributed by atoms with E-state index in [0.29, 0.717) is 16.2 Å². The Balaban J connectivity index is 1.73. The van der Waals surface area contributed by atoms with Crippen molar-refractivity contribution in [3.8, 4) is 18.1 Å². The molecule has 0 aliphatic carbocycles. The third kappa shape index (κ3) is 3.93. The predicted molar refractivity (Wildman–Crippen MR) is 116 cm³/mol. The predicted octanol–water partition coefficient (Wildman–Crippen LogP) is 5.23. The minimum Gasteiger partial charge on any atom is -0.488 e. The SMILES string of the molecule is C#CCN1C(=O)SC(=Cc2c(OCc3ccc(F)cc3)ccc3ccccc23)C1=O. The van der Waals surface area contributed by atoms with Gasteiger partial charge in [0.2, 0.25) is 0 Å². The van der Waals surface area contributed by atoms with Crippen LogP contribution in [0.3, 0.4) is 0 Å². The summed E-state index contributed by atoms with van der Waals surface area (Å²) in [5.41, 5.74) is 1.51. The second kappa shape index (κ2) is 8.44. The van der Waals surface area contributed by atoms with Gasteiger partial charge in [0.05, 0.1) is 11.4 Å². The molecule has 3 aromatic carbocycles. The number of rotatable bonds is 5. The van der Waals surface area contributed by atoms with Gasteiger partial charge in [0.1, 0.15) is 18.2 Å². The molecule has 4 rings (SSSR count). The molecule has 1 fully saturated rings. The maximum Gasteiger partial charge on any atom is 0.294 e. The number of thioether (sulfide) groups is 1. The smallest absolute Gasteiger partial charge is 0.294 e. The molecule has 0 atom stereocenters. The monoisotopic (exact) mass is 417 g/mol. The number of hydrogen-bond acceptors (Lipinski definition) is 4. The minimum atomic E-state index is -0.416. The van der Waals surface area contributed by atoms with Crippen LogP contribution in [0.4, 0.5) is 9.18 Å². The molecule has 0 radical (unpaired) electrons. The molecule has 30 heavy (non-hydrogen) atoms. The van der Waals surface area contributed by atoms with E-state index in [1.54, 1.807) is 18.2 Å². The first kappa shape index (κ1) is 19.7. The molecule has 4 nitrogen and oxygen atoms in total. The summed E-state index contributed by atoms with van der Waals surface area (Å²) < 4.78 is 19.1. The van der Waals surface area contributed by atoms with Crippen molar-refractivity contribution in [2.75, 3.05) is 6.54 Å². The van der Waals surface area contributed by atoms with E-state index in [9.17, 15) is 14.0 Å². The van der Waals surface area contributed by atoms with Crippen LogP contribution in [0.25, 0.3) is 16.8 Å². The fourth-order valence-corrected chi connectivity index (χ4v) is 3.97. The summed E-state index contributed by atoms with van der Waals surface area (Å²) in [4.78, 5) is 26.1. The van der Waals surface area contributed by atoms with E-state index in [1.165, 1.54) is 12.1 Å². The number of hydrogen-bond donors (Lipinski definition) is 0. The first-order chi connectivity index (χ1) is 14.6. The van der Waals surface area contributed by atoms with Crippen LogP contribution in [0, 0.1) is 18.2 Å². The van der Waals surface area contributed by atoms with E-state index in [-0.39, 0.29) is 19.0 Å². The normalized spacial score (nSPS) is 15.1. The van der Waals surface area contributed by atoms with Gasteiger partial charge in [-0.05, 0) is 52.4 Å². The van der Waals surface area contributed by atoms with Crippen LogP contribution < -0.4 is 4.74 Å². The Morgan fingerprint density at radius 2 is 1.83 bits per heavy atom. The third-order valence-corrected chi connectivity index (χ3v) is 5.54. The van der Waals surface area contributed by atoms with Crippen LogP contribution in [0.1, 0.15) is 11.1 Å².